The van der Waals surface area contributed by atoms with Gasteiger partial charge in [-0.2, -0.15) is 0 Å². The number of carbonyl (C=O) groups is 1. The molecule has 0 bridgehead atoms. The highest BCUT2D eigenvalue weighted by atomic mass is 32.1. The van der Waals surface area contributed by atoms with Gasteiger partial charge in [0.1, 0.15) is 0 Å². The van der Waals surface area contributed by atoms with Gasteiger partial charge in [-0.3, -0.25) is 9.78 Å². The zero-order valence-electron chi connectivity index (χ0n) is 16.5. The first-order chi connectivity index (χ1) is 14.0. The number of fused-ring (bicyclic) bond motifs is 1. The number of nitrogens with zero attached hydrogens (tertiary/aromatic N) is 1. The number of aryl methyl sites for hydroxylation is 1. The van der Waals surface area contributed by atoms with Crippen LogP contribution in [0, 0.1) is 6.92 Å². The van der Waals surface area contributed by atoms with E-state index in [1.807, 2.05) is 50.2 Å². The van der Waals surface area contributed by atoms with Crippen LogP contribution in [0.15, 0.2) is 66.9 Å². The number of hydrogen-bond donors (Lipinski definition) is 2. The summed E-state index contributed by atoms with van der Waals surface area (Å²) in [6, 6.07) is 20.1. The third-order valence-electron chi connectivity index (χ3n) is 5.08. The Morgan fingerprint density at radius 2 is 2.00 bits per heavy atom. The van der Waals surface area contributed by atoms with Gasteiger partial charge in [-0.1, -0.05) is 24.3 Å². The van der Waals surface area contributed by atoms with E-state index in [9.17, 15) is 4.79 Å². The van der Waals surface area contributed by atoms with E-state index in [1.165, 1.54) is 4.88 Å². The Bertz CT molecular complexity index is 1180. The maximum absolute atomic E-state index is 12.9. The first-order valence-electron chi connectivity index (χ1n) is 9.60. The molecule has 1 atom stereocenters. The number of carbonyl (C=O) groups excluding carboxylic acids is 1. The van der Waals surface area contributed by atoms with Crippen LogP contribution >= 0.6 is 11.3 Å². The zero-order chi connectivity index (χ0) is 20.4. The number of nitrogens with one attached hydrogen (secondary N) is 1. The molecule has 0 spiro atoms. The summed E-state index contributed by atoms with van der Waals surface area (Å²) in [4.78, 5) is 19.7. The van der Waals surface area contributed by atoms with E-state index in [0.29, 0.717) is 12.1 Å². The average Bonchev–Trinajstić information content (AvgIpc) is 3.22. The van der Waals surface area contributed by atoms with E-state index >= 15 is 0 Å². The molecule has 0 saturated carbocycles. The van der Waals surface area contributed by atoms with Crippen molar-refractivity contribution in [3.63, 3.8) is 0 Å². The molecule has 3 N–H and O–H groups in total. The SMILES string of the molecule is Cc1cc2cccnc2cc1C(=O)N[C@H](C)c1cccc(-c2ccc(CN)s2)c1. The number of amides is 1. The van der Waals surface area contributed by atoms with Crippen molar-refractivity contribution >= 4 is 28.1 Å². The van der Waals surface area contributed by atoms with Gasteiger partial charge < -0.3 is 11.1 Å². The molecule has 0 aliphatic rings. The fraction of sp³-hybridized carbons (Fsp3) is 0.167. The Hall–Kier alpha value is -3.02. The fourth-order valence-electron chi connectivity index (χ4n) is 3.44. The first kappa shape index (κ1) is 19.3. The average molecular weight is 402 g/mol. The van der Waals surface area contributed by atoms with Crippen LogP contribution in [-0.2, 0) is 6.54 Å². The lowest BCUT2D eigenvalue weighted by Crippen LogP contribution is -2.27. The summed E-state index contributed by atoms with van der Waals surface area (Å²) < 4.78 is 0. The summed E-state index contributed by atoms with van der Waals surface area (Å²) in [5, 5.41) is 4.17. The molecule has 1 amide bonds. The Labute approximate surface area is 174 Å². The van der Waals surface area contributed by atoms with Gasteiger partial charge in [-0.15, -0.1) is 11.3 Å². The van der Waals surface area contributed by atoms with Crippen molar-refractivity contribution in [2.24, 2.45) is 5.73 Å². The minimum absolute atomic E-state index is 0.0884. The van der Waals surface area contributed by atoms with Crippen LogP contribution in [-0.4, -0.2) is 10.9 Å². The number of aromatic nitrogens is 1. The van der Waals surface area contributed by atoms with Crippen molar-refractivity contribution in [2.45, 2.75) is 26.4 Å². The standard InChI is InChI=1S/C24H23N3OS/c1-15-11-18-7-4-10-26-22(18)13-21(15)24(28)27-16(2)17-5-3-6-19(12-17)23-9-8-20(14-25)29-23/h3-13,16H,14,25H2,1-2H3,(H,27,28)/t16-/m1/s1. The maximum atomic E-state index is 12.9. The molecular weight excluding hydrogens is 378 g/mol. The lowest BCUT2D eigenvalue weighted by Gasteiger charge is -2.16. The van der Waals surface area contributed by atoms with E-state index in [2.05, 4.69) is 34.6 Å². The smallest absolute Gasteiger partial charge is 0.252 e. The highest BCUT2D eigenvalue weighted by Crippen LogP contribution is 2.30. The summed E-state index contributed by atoms with van der Waals surface area (Å²) in [6.45, 7) is 4.51. The molecule has 2 heterocycles. The quantitative estimate of drug-likeness (QED) is 0.482. The van der Waals surface area contributed by atoms with Crippen molar-refractivity contribution in [3.05, 3.63) is 88.4 Å². The lowest BCUT2D eigenvalue weighted by molar-refractivity contribution is 0.0939. The molecule has 0 aliphatic carbocycles. The van der Waals surface area contributed by atoms with Crippen molar-refractivity contribution in [1.29, 1.82) is 0 Å². The van der Waals surface area contributed by atoms with E-state index in [4.69, 9.17) is 5.73 Å². The molecule has 0 fully saturated rings. The van der Waals surface area contributed by atoms with Gasteiger partial charge in [0, 0.05) is 33.4 Å². The lowest BCUT2D eigenvalue weighted by atomic mass is 10.0. The molecule has 4 rings (SSSR count). The Balaban J connectivity index is 1.56. The molecule has 2 aromatic carbocycles. The predicted octanol–water partition coefficient (Wildman–Crippen LogP) is 5.22. The van der Waals surface area contributed by atoms with Gasteiger partial charge in [-0.05, 0) is 66.9 Å². The summed E-state index contributed by atoms with van der Waals surface area (Å²) >= 11 is 1.70. The third-order valence-corrected chi connectivity index (χ3v) is 6.23. The van der Waals surface area contributed by atoms with Crippen LogP contribution < -0.4 is 11.1 Å². The molecule has 0 radical (unpaired) electrons. The van der Waals surface area contributed by atoms with Gasteiger partial charge >= 0.3 is 0 Å². The molecule has 5 heteroatoms. The zero-order valence-corrected chi connectivity index (χ0v) is 17.3. The Morgan fingerprint density at radius 3 is 2.79 bits per heavy atom. The normalized spacial score (nSPS) is 12.1. The van der Waals surface area contributed by atoms with Crippen LogP contribution in [0.2, 0.25) is 0 Å². The van der Waals surface area contributed by atoms with Crippen LogP contribution in [0.25, 0.3) is 21.3 Å². The highest BCUT2D eigenvalue weighted by molar-refractivity contribution is 7.15. The molecule has 4 aromatic rings. The van der Waals surface area contributed by atoms with E-state index < -0.39 is 0 Å². The van der Waals surface area contributed by atoms with Crippen molar-refractivity contribution in [1.82, 2.24) is 10.3 Å². The highest BCUT2D eigenvalue weighted by Gasteiger charge is 2.15. The van der Waals surface area contributed by atoms with Crippen molar-refractivity contribution in [2.75, 3.05) is 0 Å². The molecular formula is C24H23N3OS. The molecule has 0 unspecified atom stereocenters. The minimum atomic E-state index is -0.116. The van der Waals surface area contributed by atoms with Crippen LogP contribution in [0.4, 0.5) is 0 Å². The van der Waals surface area contributed by atoms with Gasteiger partial charge in [-0.25, -0.2) is 0 Å². The van der Waals surface area contributed by atoms with Crippen LogP contribution in [0.1, 0.15) is 39.3 Å². The van der Waals surface area contributed by atoms with E-state index in [0.717, 1.165) is 32.5 Å². The van der Waals surface area contributed by atoms with E-state index in [1.54, 1.807) is 17.5 Å². The largest absolute Gasteiger partial charge is 0.346 e. The Morgan fingerprint density at radius 1 is 1.14 bits per heavy atom. The molecule has 146 valence electrons. The van der Waals surface area contributed by atoms with Gasteiger partial charge in [0.2, 0.25) is 0 Å². The summed E-state index contributed by atoms with van der Waals surface area (Å²) in [7, 11) is 0. The van der Waals surface area contributed by atoms with Gasteiger partial charge in [0.25, 0.3) is 5.91 Å². The summed E-state index contributed by atoms with van der Waals surface area (Å²) in [6.07, 6.45) is 1.74. The number of hydrogen-bond acceptors (Lipinski definition) is 4. The topological polar surface area (TPSA) is 68.0 Å². The molecule has 2 aromatic heterocycles. The predicted molar refractivity (Wildman–Crippen MR) is 120 cm³/mol. The molecule has 29 heavy (non-hydrogen) atoms. The second-order valence-electron chi connectivity index (χ2n) is 7.15. The molecule has 0 saturated heterocycles. The molecule has 4 nitrogen and oxygen atoms in total. The maximum Gasteiger partial charge on any atom is 0.252 e. The number of benzene rings is 2. The monoisotopic (exact) mass is 401 g/mol. The van der Waals surface area contributed by atoms with Crippen molar-refractivity contribution < 1.29 is 4.79 Å². The van der Waals surface area contributed by atoms with Gasteiger partial charge in [0.05, 0.1) is 11.6 Å². The van der Waals surface area contributed by atoms with Crippen LogP contribution in [0.3, 0.4) is 0 Å². The Kier molecular flexibility index (Phi) is 5.43. The number of thiophene rings is 1. The first-order valence-corrected chi connectivity index (χ1v) is 10.4. The summed E-state index contributed by atoms with van der Waals surface area (Å²) in [5.74, 6) is -0.0884. The fourth-order valence-corrected chi connectivity index (χ4v) is 4.32. The van der Waals surface area contributed by atoms with Crippen LogP contribution in [0.5, 0.6) is 0 Å². The summed E-state index contributed by atoms with van der Waals surface area (Å²) in [5.41, 5.74) is 10.4. The molecule has 0 aliphatic heterocycles. The number of rotatable bonds is 5. The number of nitrogens with two attached hydrogens (primary N) is 1. The third kappa shape index (κ3) is 4.06. The second-order valence-corrected chi connectivity index (χ2v) is 8.32. The minimum Gasteiger partial charge on any atom is -0.346 e. The van der Waals surface area contributed by atoms with Gasteiger partial charge in [0.15, 0.2) is 0 Å². The second kappa shape index (κ2) is 8.15. The van der Waals surface area contributed by atoms with Crippen molar-refractivity contribution in [3.8, 4) is 10.4 Å². The number of pyridine rings is 1. The van der Waals surface area contributed by atoms with E-state index in [-0.39, 0.29) is 11.9 Å².